The van der Waals surface area contributed by atoms with Crippen LogP contribution in [-0.4, -0.2) is 23.3 Å². The minimum atomic E-state index is -0.770. The predicted octanol–water partition coefficient (Wildman–Crippen LogP) is 3.12. The number of benzene rings is 1. The van der Waals surface area contributed by atoms with Crippen LogP contribution < -0.4 is 5.32 Å². The lowest BCUT2D eigenvalue weighted by atomic mass is 10.1. The molecule has 0 aliphatic rings. The summed E-state index contributed by atoms with van der Waals surface area (Å²) in [5.74, 6) is -0.412. The zero-order valence-corrected chi connectivity index (χ0v) is 11.8. The second-order valence-corrected chi connectivity index (χ2v) is 4.88. The fourth-order valence-electron chi connectivity index (χ4n) is 1.67. The predicted molar refractivity (Wildman–Crippen MR) is 74.5 cm³/mol. The number of nitrogens with zero attached hydrogens (tertiary/aromatic N) is 1. The van der Waals surface area contributed by atoms with Crippen molar-refractivity contribution in [2.75, 3.05) is 12.4 Å². The van der Waals surface area contributed by atoms with Crippen LogP contribution in [-0.2, 0) is 0 Å². The van der Waals surface area contributed by atoms with Gasteiger partial charge in [-0.1, -0.05) is 6.92 Å². The molecular formula is C13H16ClFN2O3. The van der Waals surface area contributed by atoms with Gasteiger partial charge >= 0.3 is 0 Å². The van der Waals surface area contributed by atoms with Crippen LogP contribution >= 0.6 is 11.6 Å². The largest absolute Gasteiger partial charge is 0.352 e. The van der Waals surface area contributed by atoms with Gasteiger partial charge in [-0.2, -0.15) is 0 Å². The van der Waals surface area contributed by atoms with E-state index in [0.29, 0.717) is 18.3 Å². The number of nitro benzene ring substituents is 1. The molecule has 0 aliphatic heterocycles. The summed E-state index contributed by atoms with van der Waals surface area (Å²) in [6, 6.07) is 2.88. The molecule has 5 nitrogen and oxygen atoms in total. The molecule has 0 radical (unpaired) electrons. The Morgan fingerprint density at radius 3 is 2.85 bits per heavy atom. The summed E-state index contributed by atoms with van der Waals surface area (Å²) in [5, 5.41) is 13.4. The molecule has 0 bridgehead atoms. The maximum Gasteiger partial charge on any atom is 0.285 e. The SMILES string of the molecule is CC(CCl)CCCNC(=O)c1ccc(F)cc1[N+](=O)[O-]. The van der Waals surface area contributed by atoms with E-state index in [2.05, 4.69) is 5.32 Å². The summed E-state index contributed by atoms with van der Waals surface area (Å²) >= 11 is 5.66. The van der Waals surface area contributed by atoms with Crippen LogP contribution in [0.1, 0.15) is 30.1 Å². The van der Waals surface area contributed by atoms with Gasteiger partial charge in [0.1, 0.15) is 11.4 Å². The summed E-state index contributed by atoms with van der Waals surface area (Å²) in [6.07, 6.45) is 1.59. The zero-order chi connectivity index (χ0) is 15.1. The molecular weight excluding hydrogens is 287 g/mol. The molecule has 0 aliphatic carbocycles. The van der Waals surface area contributed by atoms with Crippen LogP contribution in [0.25, 0.3) is 0 Å². The first-order valence-corrected chi connectivity index (χ1v) is 6.77. The van der Waals surface area contributed by atoms with Crippen molar-refractivity contribution in [3.05, 3.63) is 39.7 Å². The van der Waals surface area contributed by atoms with Gasteiger partial charge < -0.3 is 5.32 Å². The fraction of sp³-hybridized carbons (Fsp3) is 0.462. The van der Waals surface area contributed by atoms with Gasteiger partial charge in [-0.3, -0.25) is 14.9 Å². The average Bonchev–Trinajstić information content (AvgIpc) is 2.42. The Morgan fingerprint density at radius 1 is 1.55 bits per heavy atom. The van der Waals surface area contributed by atoms with E-state index >= 15 is 0 Å². The van der Waals surface area contributed by atoms with Crippen LogP contribution in [0, 0.1) is 21.8 Å². The number of hydrogen-bond donors (Lipinski definition) is 1. The lowest BCUT2D eigenvalue weighted by Crippen LogP contribution is -2.25. The summed E-state index contributed by atoms with van der Waals surface area (Å²) < 4.78 is 13.0. The van der Waals surface area contributed by atoms with Gasteiger partial charge in [0.15, 0.2) is 0 Å². The van der Waals surface area contributed by atoms with E-state index in [1.165, 1.54) is 0 Å². The number of amides is 1. The van der Waals surface area contributed by atoms with Gasteiger partial charge in [0.25, 0.3) is 11.6 Å². The van der Waals surface area contributed by atoms with Crippen molar-refractivity contribution in [1.29, 1.82) is 0 Å². The number of carbonyl (C=O) groups excluding carboxylic acids is 1. The van der Waals surface area contributed by atoms with E-state index in [0.717, 1.165) is 31.0 Å². The van der Waals surface area contributed by atoms with Crippen molar-refractivity contribution in [2.24, 2.45) is 5.92 Å². The molecule has 0 fully saturated rings. The number of alkyl halides is 1. The van der Waals surface area contributed by atoms with Gasteiger partial charge in [0.2, 0.25) is 0 Å². The Hall–Kier alpha value is -1.69. The monoisotopic (exact) mass is 302 g/mol. The first-order chi connectivity index (χ1) is 9.45. The summed E-state index contributed by atoms with van der Waals surface area (Å²) in [7, 11) is 0. The third kappa shape index (κ3) is 4.77. The molecule has 1 aromatic rings. The van der Waals surface area contributed by atoms with Crippen LogP contribution in [0.15, 0.2) is 18.2 Å². The standard InChI is InChI=1S/C13H16ClFN2O3/c1-9(8-14)3-2-6-16-13(18)11-5-4-10(15)7-12(11)17(19)20/h4-5,7,9H,2-3,6,8H2,1H3,(H,16,18). The van der Waals surface area contributed by atoms with Crippen LogP contribution in [0.3, 0.4) is 0 Å². The number of hydrogen-bond acceptors (Lipinski definition) is 3. The molecule has 1 amide bonds. The Labute approximate surface area is 121 Å². The molecule has 1 aromatic carbocycles. The molecule has 1 N–H and O–H groups in total. The molecule has 0 saturated carbocycles. The van der Waals surface area contributed by atoms with Crippen molar-refractivity contribution in [1.82, 2.24) is 5.32 Å². The third-order valence-corrected chi connectivity index (χ3v) is 3.35. The number of halogens is 2. The van der Waals surface area contributed by atoms with Crippen molar-refractivity contribution in [3.8, 4) is 0 Å². The molecule has 1 atom stereocenters. The quantitative estimate of drug-likeness (QED) is 0.364. The Kier molecular flexibility index (Phi) is 6.38. The van der Waals surface area contributed by atoms with Crippen LogP contribution in [0.5, 0.6) is 0 Å². The highest BCUT2D eigenvalue weighted by Gasteiger charge is 2.20. The van der Waals surface area contributed by atoms with E-state index in [1.54, 1.807) is 0 Å². The second-order valence-electron chi connectivity index (χ2n) is 4.58. The van der Waals surface area contributed by atoms with Crippen molar-refractivity contribution in [2.45, 2.75) is 19.8 Å². The molecule has 7 heteroatoms. The molecule has 110 valence electrons. The van der Waals surface area contributed by atoms with Gasteiger partial charge in [-0.25, -0.2) is 4.39 Å². The molecule has 20 heavy (non-hydrogen) atoms. The third-order valence-electron chi connectivity index (χ3n) is 2.82. The minimum Gasteiger partial charge on any atom is -0.352 e. The zero-order valence-electron chi connectivity index (χ0n) is 11.1. The highest BCUT2D eigenvalue weighted by molar-refractivity contribution is 6.18. The van der Waals surface area contributed by atoms with Crippen LogP contribution in [0.4, 0.5) is 10.1 Å². The average molecular weight is 303 g/mol. The fourth-order valence-corrected chi connectivity index (χ4v) is 1.83. The Morgan fingerprint density at radius 2 is 2.25 bits per heavy atom. The van der Waals surface area contributed by atoms with E-state index < -0.39 is 22.3 Å². The molecule has 1 unspecified atom stereocenters. The summed E-state index contributed by atoms with van der Waals surface area (Å²) in [6.45, 7) is 2.40. The van der Waals surface area contributed by atoms with E-state index in [1.807, 2.05) is 6.92 Å². The van der Waals surface area contributed by atoms with Crippen molar-refractivity contribution in [3.63, 3.8) is 0 Å². The van der Waals surface area contributed by atoms with E-state index in [4.69, 9.17) is 11.6 Å². The maximum absolute atomic E-state index is 13.0. The Bertz CT molecular complexity index is 497. The number of rotatable bonds is 7. The highest BCUT2D eigenvalue weighted by Crippen LogP contribution is 2.19. The number of nitro groups is 1. The Balaban J connectivity index is 2.62. The van der Waals surface area contributed by atoms with Crippen molar-refractivity contribution >= 4 is 23.2 Å². The maximum atomic E-state index is 13.0. The van der Waals surface area contributed by atoms with Gasteiger partial charge in [0, 0.05) is 12.4 Å². The summed E-state index contributed by atoms with van der Waals surface area (Å²) in [5.41, 5.74) is -0.668. The highest BCUT2D eigenvalue weighted by atomic mass is 35.5. The van der Waals surface area contributed by atoms with Crippen LogP contribution in [0.2, 0.25) is 0 Å². The molecule has 0 aromatic heterocycles. The van der Waals surface area contributed by atoms with Gasteiger partial charge in [-0.05, 0) is 30.9 Å². The lowest BCUT2D eigenvalue weighted by molar-refractivity contribution is -0.385. The second kappa shape index (κ2) is 7.79. The number of carbonyl (C=O) groups is 1. The normalized spacial score (nSPS) is 11.9. The lowest BCUT2D eigenvalue weighted by Gasteiger charge is -2.08. The summed E-state index contributed by atoms with van der Waals surface area (Å²) in [4.78, 5) is 21.8. The first-order valence-electron chi connectivity index (χ1n) is 6.23. The molecule has 1 rings (SSSR count). The van der Waals surface area contributed by atoms with Gasteiger partial charge in [0.05, 0.1) is 11.0 Å². The molecule has 0 spiro atoms. The van der Waals surface area contributed by atoms with Crippen molar-refractivity contribution < 1.29 is 14.1 Å². The molecule has 0 saturated heterocycles. The minimum absolute atomic E-state index is 0.137. The topological polar surface area (TPSA) is 72.2 Å². The van der Waals surface area contributed by atoms with E-state index in [9.17, 15) is 19.3 Å². The van der Waals surface area contributed by atoms with E-state index in [-0.39, 0.29) is 5.56 Å². The first kappa shape index (κ1) is 16.4. The smallest absolute Gasteiger partial charge is 0.285 e. The molecule has 0 heterocycles. The van der Waals surface area contributed by atoms with Gasteiger partial charge in [-0.15, -0.1) is 11.6 Å². The number of nitrogens with one attached hydrogen (secondary N) is 1.